The van der Waals surface area contributed by atoms with Gasteiger partial charge in [0.25, 0.3) is 0 Å². The van der Waals surface area contributed by atoms with Gasteiger partial charge < -0.3 is 9.47 Å². The standard InChI is InChI=1S/C15H18O3/c1-11-9-10-13(14(16)17-2)15(11,18-3)12-7-5-4-6-8-12/h4-11,13H,1-3H3/t11-,13-,15-/m0/s1. The van der Waals surface area contributed by atoms with E-state index < -0.39 is 11.5 Å². The minimum Gasteiger partial charge on any atom is -0.468 e. The van der Waals surface area contributed by atoms with Crippen LogP contribution < -0.4 is 0 Å². The second-order valence-electron chi connectivity index (χ2n) is 4.54. The second kappa shape index (κ2) is 4.94. The zero-order valence-electron chi connectivity index (χ0n) is 10.9. The van der Waals surface area contributed by atoms with E-state index in [2.05, 4.69) is 6.92 Å². The molecule has 0 saturated carbocycles. The van der Waals surface area contributed by atoms with Crippen LogP contribution in [0.4, 0.5) is 0 Å². The van der Waals surface area contributed by atoms with Crippen molar-refractivity contribution in [1.29, 1.82) is 0 Å². The maximum Gasteiger partial charge on any atom is 0.315 e. The van der Waals surface area contributed by atoms with Gasteiger partial charge in [0.1, 0.15) is 11.5 Å². The molecule has 0 aromatic heterocycles. The van der Waals surface area contributed by atoms with Crippen LogP contribution in [0.3, 0.4) is 0 Å². The molecular weight excluding hydrogens is 228 g/mol. The Morgan fingerprint density at radius 2 is 1.83 bits per heavy atom. The molecule has 1 aromatic rings. The van der Waals surface area contributed by atoms with Gasteiger partial charge in [-0.05, 0) is 5.56 Å². The lowest BCUT2D eigenvalue weighted by atomic mass is 9.77. The van der Waals surface area contributed by atoms with Gasteiger partial charge in [0.15, 0.2) is 0 Å². The summed E-state index contributed by atoms with van der Waals surface area (Å²) in [4.78, 5) is 12.0. The third kappa shape index (κ3) is 1.75. The van der Waals surface area contributed by atoms with Gasteiger partial charge in [-0.3, -0.25) is 4.79 Å². The lowest BCUT2D eigenvalue weighted by Crippen LogP contribution is -2.42. The molecule has 0 saturated heterocycles. The monoisotopic (exact) mass is 246 g/mol. The fourth-order valence-corrected chi connectivity index (χ4v) is 2.80. The first-order valence-corrected chi connectivity index (χ1v) is 6.03. The summed E-state index contributed by atoms with van der Waals surface area (Å²) in [7, 11) is 3.05. The molecule has 0 radical (unpaired) electrons. The molecule has 1 aliphatic rings. The molecule has 3 heteroatoms. The number of rotatable bonds is 3. The minimum absolute atomic E-state index is 0.119. The van der Waals surface area contributed by atoms with Crippen LogP contribution in [-0.2, 0) is 19.9 Å². The average Bonchev–Trinajstić information content (AvgIpc) is 2.76. The molecular formula is C15H18O3. The zero-order chi connectivity index (χ0) is 13.2. The number of methoxy groups -OCH3 is 2. The van der Waals surface area contributed by atoms with E-state index in [1.54, 1.807) is 7.11 Å². The molecule has 0 bridgehead atoms. The van der Waals surface area contributed by atoms with E-state index in [1.807, 2.05) is 42.5 Å². The topological polar surface area (TPSA) is 35.5 Å². The summed E-state index contributed by atoms with van der Waals surface area (Å²) in [6.45, 7) is 2.05. The van der Waals surface area contributed by atoms with Gasteiger partial charge in [-0.2, -0.15) is 0 Å². The summed E-state index contributed by atoms with van der Waals surface area (Å²) >= 11 is 0. The summed E-state index contributed by atoms with van der Waals surface area (Å²) in [6.07, 6.45) is 3.89. The highest BCUT2D eigenvalue weighted by atomic mass is 16.5. The predicted octanol–water partition coefficient (Wildman–Crippen LogP) is 2.52. The fourth-order valence-electron chi connectivity index (χ4n) is 2.80. The van der Waals surface area contributed by atoms with Gasteiger partial charge in [-0.25, -0.2) is 0 Å². The van der Waals surface area contributed by atoms with E-state index >= 15 is 0 Å². The minimum atomic E-state index is -0.658. The number of carbonyl (C=O) groups is 1. The quantitative estimate of drug-likeness (QED) is 0.607. The van der Waals surface area contributed by atoms with Crippen molar-refractivity contribution in [3.8, 4) is 0 Å². The van der Waals surface area contributed by atoms with Crippen LogP contribution in [-0.4, -0.2) is 20.2 Å². The lowest BCUT2D eigenvalue weighted by Gasteiger charge is -2.37. The van der Waals surface area contributed by atoms with Crippen molar-refractivity contribution in [1.82, 2.24) is 0 Å². The number of hydrogen-bond acceptors (Lipinski definition) is 3. The van der Waals surface area contributed by atoms with Crippen LogP contribution in [0, 0.1) is 11.8 Å². The largest absolute Gasteiger partial charge is 0.468 e. The fraction of sp³-hybridized carbons (Fsp3) is 0.400. The van der Waals surface area contributed by atoms with Crippen LogP contribution >= 0.6 is 0 Å². The Balaban J connectivity index is 2.50. The third-order valence-corrected chi connectivity index (χ3v) is 3.75. The Labute approximate surface area is 107 Å². The molecule has 18 heavy (non-hydrogen) atoms. The van der Waals surface area contributed by atoms with Crippen molar-refractivity contribution in [3.63, 3.8) is 0 Å². The molecule has 0 fully saturated rings. The highest BCUT2D eigenvalue weighted by molar-refractivity contribution is 5.77. The summed E-state index contributed by atoms with van der Waals surface area (Å²) in [5.41, 5.74) is 0.342. The first-order chi connectivity index (χ1) is 8.66. The van der Waals surface area contributed by atoms with Gasteiger partial charge in [-0.1, -0.05) is 49.4 Å². The molecule has 3 nitrogen and oxygen atoms in total. The van der Waals surface area contributed by atoms with Crippen molar-refractivity contribution in [2.24, 2.45) is 11.8 Å². The van der Waals surface area contributed by atoms with E-state index in [4.69, 9.17) is 9.47 Å². The van der Waals surface area contributed by atoms with Crippen molar-refractivity contribution >= 4 is 5.97 Å². The number of carbonyl (C=O) groups excluding carboxylic acids is 1. The molecule has 0 aliphatic heterocycles. The van der Waals surface area contributed by atoms with E-state index in [-0.39, 0.29) is 11.9 Å². The van der Waals surface area contributed by atoms with E-state index in [0.29, 0.717) is 0 Å². The second-order valence-corrected chi connectivity index (χ2v) is 4.54. The van der Waals surface area contributed by atoms with Crippen LogP contribution in [0.2, 0.25) is 0 Å². The maximum absolute atomic E-state index is 12.0. The number of ether oxygens (including phenoxy) is 2. The third-order valence-electron chi connectivity index (χ3n) is 3.75. The van der Waals surface area contributed by atoms with Crippen LogP contribution in [0.15, 0.2) is 42.5 Å². The highest BCUT2D eigenvalue weighted by Gasteiger charge is 2.50. The summed E-state index contributed by atoms with van der Waals surface area (Å²) in [5.74, 6) is -0.541. The van der Waals surface area contributed by atoms with Crippen LogP contribution in [0.1, 0.15) is 12.5 Å². The van der Waals surface area contributed by atoms with Gasteiger partial charge in [-0.15, -0.1) is 0 Å². The molecule has 1 aliphatic carbocycles. The molecule has 0 heterocycles. The number of benzene rings is 1. The Bertz CT molecular complexity index is 452. The van der Waals surface area contributed by atoms with Gasteiger partial charge in [0.05, 0.1) is 7.11 Å². The molecule has 96 valence electrons. The lowest BCUT2D eigenvalue weighted by molar-refractivity contribution is -0.157. The zero-order valence-corrected chi connectivity index (χ0v) is 10.9. The summed E-state index contributed by atoms with van der Waals surface area (Å²) in [5, 5.41) is 0. The molecule has 0 spiro atoms. The SMILES string of the molecule is COC(=O)[C@@H]1C=C[C@H](C)[C@]1(OC)c1ccccc1. The first-order valence-electron chi connectivity index (χ1n) is 6.03. The summed E-state index contributed by atoms with van der Waals surface area (Å²) < 4.78 is 10.7. The van der Waals surface area contributed by atoms with E-state index in [9.17, 15) is 4.79 Å². The predicted molar refractivity (Wildman–Crippen MR) is 68.9 cm³/mol. The Kier molecular flexibility index (Phi) is 3.53. The molecule has 0 unspecified atom stereocenters. The van der Waals surface area contributed by atoms with Crippen molar-refractivity contribution in [2.75, 3.05) is 14.2 Å². The van der Waals surface area contributed by atoms with Crippen LogP contribution in [0.25, 0.3) is 0 Å². The highest BCUT2D eigenvalue weighted by Crippen LogP contribution is 2.46. The number of esters is 1. The van der Waals surface area contributed by atoms with Gasteiger partial charge >= 0.3 is 5.97 Å². The average molecular weight is 246 g/mol. The molecule has 0 N–H and O–H groups in total. The van der Waals surface area contributed by atoms with E-state index in [1.165, 1.54) is 7.11 Å². The Morgan fingerprint density at radius 1 is 1.17 bits per heavy atom. The molecule has 1 aromatic carbocycles. The Hall–Kier alpha value is -1.61. The van der Waals surface area contributed by atoms with Crippen LogP contribution in [0.5, 0.6) is 0 Å². The Morgan fingerprint density at radius 3 is 2.39 bits per heavy atom. The molecule has 0 amide bonds. The van der Waals surface area contributed by atoms with Crippen molar-refractivity contribution < 1.29 is 14.3 Å². The van der Waals surface area contributed by atoms with E-state index in [0.717, 1.165) is 5.56 Å². The molecule has 3 atom stereocenters. The smallest absolute Gasteiger partial charge is 0.315 e. The van der Waals surface area contributed by atoms with Crippen molar-refractivity contribution in [2.45, 2.75) is 12.5 Å². The van der Waals surface area contributed by atoms with Gasteiger partial charge in [0.2, 0.25) is 0 Å². The number of hydrogen-bond donors (Lipinski definition) is 0. The van der Waals surface area contributed by atoms with Gasteiger partial charge in [0, 0.05) is 13.0 Å². The normalized spacial score (nSPS) is 30.4. The summed E-state index contributed by atoms with van der Waals surface area (Å²) in [6, 6.07) is 9.84. The molecule has 2 rings (SSSR count). The maximum atomic E-state index is 12.0. The van der Waals surface area contributed by atoms with Crippen molar-refractivity contribution in [3.05, 3.63) is 48.0 Å². The first kappa shape index (κ1) is 12.8.